The molecular formula is C41H44I2N2O6. The molecule has 0 aromatic heterocycles. The summed E-state index contributed by atoms with van der Waals surface area (Å²) in [7, 11) is 0. The van der Waals surface area contributed by atoms with Crippen LogP contribution < -0.4 is 0 Å². The molecule has 10 heteroatoms. The summed E-state index contributed by atoms with van der Waals surface area (Å²) < 4.78 is 2.17. The van der Waals surface area contributed by atoms with E-state index in [9.17, 15) is 24.6 Å². The lowest BCUT2D eigenvalue weighted by Gasteiger charge is -2.29. The van der Waals surface area contributed by atoms with E-state index in [0.717, 1.165) is 23.8 Å². The van der Waals surface area contributed by atoms with E-state index >= 15 is 0 Å². The summed E-state index contributed by atoms with van der Waals surface area (Å²) in [4.78, 5) is 38.4. The number of benzene rings is 4. The molecule has 0 bridgehead atoms. The maximum absolute atomic E-state index is 12.4. The maximum atomic E-state index is 12.4. The Labute approximate surface area is 328 Å². The number of halogens is 2. The summed E-state index contributed by atoms with van der Waals surface area (Å²) >= 11 is 4.35. The first-order valence-electron chi connectivity index (χ1n) is 17.0. The second-order valence-electron chi connectivity index (χ2n) is 11.6. The summed E-state index contributed by atoms with van der Waals surface area (Å²) in [6.07, 6.45) is 2.20. The number of likely N-dealkylation sites (tertiary alicyclic amines) is 2. The third kappa shape index (κ3) is 14.4. The quantitative estimate of drug-likeness (QED) is 0.144. The van der Waals surface area contributed by atoms with Crippen LogP contribution in [0.2, 0.25) is 0 Å². The van der Waals surface area contributed by atoms with Crippen molar-refractivity contribution in [3.8, 4) is 11.8 Å². The van der Waals surface area contributed by atoms with Gasteiger partial charge in [0.25, 0.3) is 11.8 Å². The fourth-order valence-corrected chi connectivity index (χ4v) is 5.77. The lowest BCUT2D eigenvalue weighted by atomic mass is 10.1. The zero-order valence-corrected chi connectivity index (χ0v) is 33.2. The molecular weight excluding hydrogens is 870 g/mol. The predicted octanol–water partition coefficient (Wildman–Crippen LogP) is 7.59. The Bertz CT molecular complexity index is 1720. The van der Waals surface area contributed by atoms with Gasteiger partial charge in [0, 0.05) is 55.6 Å². The number of nitrogens with zero attached hydrogens (tertiary/aromatic N) is 2. The molecule has 6 rings (SSSR count). The summed E-state index contributed by atoms with van der Waals surface area (Å²) in [6.45, 7) is 6.56. The van der Waals surface area contributed by atoms with Crippen molar-refractivity contribution >= 4 is 63.0 Å². The summed E-state index contributed by atoms with van der Waals surface area (Å²) in [5, 5.41) is 27.4. The fourth-order valence-electron chi connectivity index (χ4n) is 5.05. The normalized spacial score (nSPS) is 14.2. The molecule has 0 saturated carbocycles. The topological polar surface area (TPSA) is 118 Å². The predicted molar refractivity (Wildman–Crippen MR) is 218 cm³/mol. The molecule has 268 valence electrons. The molecule has 0 aliphatic carbocycles. The van der Waals surface area contributed by atoms with Crippen molar-refractivity contribution in [3.05, 3.63) is 138 Å². The minimum absolute atomic E-state index is 0.0273. The highest BCUT2D eigenvalue weighted by molar-refractivity contribution is 14.1. The van der Waals surface area contributed by atoms with E-state index in [0.29, 0.717) is 63.0 Å². The number of carbonyl (C=O) groups excluding carboxylic acids is 2. The van der Waals surface area contributed by atoms with Crippen LogP contribution in [0.4, 0.5) is 0 Å². The van der Waals surface area contributed by atoms with E-state index in [2.05, 4.69) is 57.0 Å². The van der Waals surface area contributed by atoms with Gasteiger partial charge in [-0.25, -0.2) is 4.79 Å². The van der Waals surface area contributed by atoms with Crippen LogP contribution in [0, 0.1) is 19.0 Å². The van der Waals surface area contributed by atoms with Crippen LogP contribution >= 0.6 is 45.2 Å². The highest BCUT2D eigenvalue weighted by Crippen LogP contribution is 2.16. The fraction of sp³-hybridized carbons (Fsp3) is 0.293. The van der Waals surface area contributed by atoms with Crippen molar-refractivity contribution in [1.29, 1.82) is 0 Å². The van der Waals surface area contributed by atoms with Gasteiger partial charge in [-0.1, -0.05) is 43.9 Å². The number of aliphatic hydroxyl groups is 2. The minimum Gasteiger partial charge on any atom is -0.478 e. The van der Waals surface area contributed by atoms with E-state index < -0.39 is 5.97 Å². The summed E-state index contributed by atoms with van der Waals surface area (Å²) in [5.41, 5.74) is 3.60. The number of amides is 2. The molecule has 0 atom stereocenters. The third-order valence-corrected chi connectivity index (χ3v) is 9.38. The molecule has 0 radical (unpaired) electrons. The van der Waals surface area contributed by atoms with Crippen molar-refractivity contribution < 1.29 is 29.7 Å². The van der Waals surface area contributed by atoms with Gasteiger partial charge in [0.15, 0.2) is 0 Å². The number of hydrogen-bond acceptors (Lipinski definition) is 5. The molecule has 2 fully saturated rings. The molecule has 0 unspecified atom stereocenters. The molecule has 0 spiro atoms. The second kappa shape index (κ2) is 22.2. The lowest BCUT2D eigenvalue weighted by molar-refractivity contribution is 0.0537. The van der Waals surface area contributed by atoms with E-state index in [4.69, 9.17) is 5.11 Å². The van der Waals surface area contributed by atoms with Gasteiger partial charge in [0.2, 0.25) is 0 Å². The molecule has 8 nitrogen and oxygen atoms in total. The first kappa shape index (κ1) is 41.6. The molecule has 2 amide bonds. The largest absolute Gasteiger partial charge is 0.478 e. The molecule has 2 aliphatic rings. The number of hydrogen-bond donors (Lipinski definition) is 3. The van der Waals surface area contributed by atoms with Crippen molar-refractivity contribution in [2.75, 3.05) is 26.2 Å². The zero-order valence-electron chi connectivity index (χ0n) is 28.8. The molecule has 2 aliphatic heterocycles. The summed E-state index contributed by atoms with van der Waals surface area (Å²) in [5.74, 6) is 5.43. The molecule has 2 saturated heterocycles. The van der Waals surface area contributed by atoms with Crippen LogP contribution in [0.1, 0.15) is 81.7 Å². The Morgan fingerprint density at radius 3 is 1.25 bits per heavy atom. The maximum Gasteiger partial charge on any atom is 0.335 e. The van der Waals surface area contributed by atoms with Crippen molar-refractivity contribution in [2.45, 2.75) is 51.7 Å². The number of carboxylic acid groups (broad SMARTS) is 1. The van der Waals surface area contributed by atoms with Gasteiger partial charge in [-0.15, -0.1) is 0 Å². The van der Waals surface area contributed by atoms with Crippen molar-refractivity contribution in [1.82, 2.24) is 9.80 Å². The zero-order chi connectivity index (χ0) is 37.2. The van der Waals surface area contributed by atoms with Gasteiger partial charge >= 0.3 is 5.97 Å². The number of aromatic carboxylic acids is 1. The lowest BCUT2D eigenvalue weighted by Crippen LogP contribution is -2.40. The Hall–Kier alpha value is -3.77. The Morgan fingerprint density at radius 1 is 0.549 bits per heavy atom. The minimum atomic E-state index is -0.878. The van der Waals surface area contributed by atoms with Crippen LogP contribution in [0.15, 0.2) is 103 Å². The smallest absolute Gasteiger partial charge is 0.335 e. The highest BCUT2D eigenvalue weighted by Gasteiger charge is 2.23. The molecule has 51 heavy (non-hydrogen) atoms. The van der Waals surface area contributed by atoms with E-state index in [-0.39, 0.29) is 24.0 Å². The van der Waals surface area contributed by atoms with Crippen LogP contribution in [0.25, 0.3) is 0 Å². The van der Waals surface area contributed by atoms with Gasteiger partial charge in [-0.05, 0) is 156 Å². The first-order valence-corrected chi connectivity index (χ1v) is 19.1. The van der Waals surface area contributed by atoms with Gasteiger partial charge in [-0.3, -0.25) is 9.59 Å². The highest BCUT2D eigenvalue weighted by atomic mass is 127. The second-order valence-corrected chi connectivity index (χ2v) is 14.1. The van der Waals surface area contributed by atoms with Crippen LogP contribution in [-0.4, -0.2) is 81.3 Å². The molecule has 4 aromatic rings. The Morgan fingerprint density at radius 2 is 0.882 bits per heavy atom. The average molecular weight is 915 g/mol. The number of aliphatic hydroxyl groups excluding tert-OH is 2. The first-order chi connectivity index (χ1) is 24.6. The number of carbonyl (C=O) groups is 3. The van der Waals surface area contributed by atoms with Crippen molar-refractivity contribution in [3.63, 3.8) is 0 Å². The van der Waals surface area contributed by atoms with Gasteiger partial charge in [-0.2, -0.15) is 0 Å². The van der Waals surface area contributed by atoms with E-state index in [1.165, 1.54) is 0 Å². The monoisotopic (exact) mass is 914 g/mol. The van der Waals surface area contributed by atoms with Gasteiger partial charge < -0.3 is 25.1 Å². The van der Waals surface area contributed by atoms with Crippen LogP contribution in [0.5, 0.6) is 0 Å². The Balaban J connectivity index is 0.000000218. The van der Waals surface area contributed by atoms with Gasteiger partial charge in [0.1, 0.15) is 0 Å². The number of rotatable bonds is 3. The SMILES string of the molecule is CC.O=C(O)c1ccc(I)cc1.O=C(c1ccc(C#Cc2ccccc2)cc1)N1CCC(O)CC1.O=C(c1ccc(I)cc1)N1CCC(O)CC1. The summed E-state index contributed by atoms with van der Waals surface area (Å²) in [6, 6.07) is 31.5. The Kier molecular flexibility index (Phi) is 18.2. The molecule has 2 heterocycles. The molecule has 3 N–H and O–H groups in total. The van der Waals surface area contributed by atoms with Gasteiger partial charge in [0.05, 0.1) is 17.8 Å². The molecule has 4 aromatic carbocycles. The van der Waals surface area contributed by atoms with Crippen LogP contribution in [-0.2, 0) is 0 Å². The average Bonchev–Trinajstić information content (AvgIpc) is 3.16. The van der Waals surface area contributed by atoms with E-state index in [1.54, 1.807) is 29.2 Å². The van der Waals surface area contributed by atoms with Crippen molar-refractivity contribution in [2.24, 2.45) is 0 Å². The third-order valence-electron chi connectivity index (χ3n) is 7.94. The van der Waals surface area contributed by atoms with Crippen LogP contribution in [0.3, 0.4) is 0 Å². The number of carboxylic acids is 1. The number of piperidine rings is 2. The van der Waals surface area contributed by atoms with E-state index in [1.807, 2.05) is 97.6 Å². The standard InChI is InChI=1S/C20H19NO2.C12H14INO2.C7H5IO2.C2H6/c22-19-12-14-21(15-13-19)20(23)18-10-8-17(9-11-18)7-6-16-4-2-1-3-5-16;13-10-3-1-9(2-4-10)12(16)14-7-5-11(15)6-8-14;8-6-3-1-5(2-4-6)7(9)10;1-2/h1-5,8-11,19,22H,12-15H2;1-4,11,15H,5-8H2;1-4H,(H,9,10);1-2H3.